The summed E-state index contributed by atoms with van der Waals surface area (Å²) in [4.78, 5) is 35.6. The van der Waals surface area contributed by atoms with Gasteiger partial charge in [0.25, 0.3) is 11.6 Å². The van der Waals surface area contributed by atoms with E-state index in [9.17, 15) is 14.9 Å². The Hall–Kier alpha value is -3.98. The second kappa shape index (κ2) is 7.95. The van der Waals surface area contributed by atoms with Crippen molar-refractivity contribution in [3.8, 4) is 16.9 Å². The highest BCUT2D eigenvalue weighted by atomic mass is 32.1. The Labute approximate surface area is 168 Å². The van der Waals surface area contributed by atoms with Crippen LogP contribution in [0.4, 0.5) is 5.69 Å². The highest BCUT2D eigenvalue weighted by molar-refractivity contribution is 7.07. The van der Waals surface area contributed by atoms with E-state index in [0.717, 1.165) is 11.3 Å². The summed E-state index contributed by atoms with van der Waals surface area (Å²) < 4.78 is 1.79. The van der Waals surface area contributed by atoms with E-state index in [2.05, 4.69) is 15.0 Å². The van der Waals surface area contributed by atoms with E-state index in [-0.39, 0.29) is 11.4 Å². The summed E-state index contributed by atoms with van der Waals surface area (Å²) in [5, 5.41) is 12.9. The van der Waals surface area contributed by atoms with Crippen LogP contribution in [-0.4, -0.2) is 25.4 Å². The summed E-state index contributed by atoms with van der Waals surface area (Å²) in [7, 11) is 0. The second-order valence-corrected chi connectivity index (χ2v) is 6.72. The van der Waals surface area contributed by atoms with Crippen LogP contribution in [0.25, 0.3) is 16.9 Å². The fourth-order valence-electron chi connectivity index (χ4n) is 2.73. The predicted molar refractivity (Wildman–Crippen MR) is 108 cm³/mol. The first-order chi connectivity index (χ1) is 14.1. The zero-order chi connectivity index (χ0) is 20.2. The maximum Gasteiger partial charge on any atom is 0.299 e. The van der Waals surface area contributed by atoms with Crippen LogP contribution < -0.4 is 4.80 Å². The van der Waals surface area contributed by atoms with Gasteiger partial charge in [0.2, 0.25) is 0 Å². The molecule has 0 fully saturated rings. The number of amides is 1. The van der Waals surface area contributed by atoms with Crippen LogP contribution in [0.2, 0.25) is 0 Å². The number of carbonyl (C=O) groups is 1. The molecular formula is C20H13N5O3S. The van der Waals surface area contributed by atoms with E-state index in [4.69, 9.17) is 0 Å². The third-order valence-electron chi connectivity index (χ3n) is 4.08. The molecule has 1 amide bonds. The van der Waals surface area contributed by atoms with Crippen molar-refractivity contribution in [3.05, 3.63) is 99.2 Å². The van der Waals surface area contributed by atoms with Gasteiger partial charge in [0.15, 0.2) is 4.80 Å². The van der Waals surface area contributed by atoms with Crippen LogP contribution >= 0.6 is 11.3 Å². The molecule has 0 aliphatic heterocycles. The first-order valence-electron chi connectivity index (χ1n) is 8.49. The molecule has 0 aliphatic carbocycles. The molecular weight excluding hydrogens is 390 g/mol. The largest absolute Gasteiger partial charge is 0.299 e. The van der Waals surface area contributed by atoms with E-state index in [0.29, 0.717) is 10.5 Å². The Kier molecular flexibility index (Phi) is 5.04. The molecule has 0 radical (unpaired) electrons. The molecule has 0 bridgehead atoms. The fourth-order valence-corrected chi connectivity index (χ4v) is 3.63. The van der Waals surface area contributed by atoms with Crippen molar-refractivity contribution < 1.29 is 9.72 Å². The molecule has 0 atom stereocenters. The minimum atomic E-state index is -0.518. The lowest BCUT2D eigenvalue weighted by atomic mass is 10.1. The van der Waals surface area contributed by atoms with E-state index in [1.165, 1.54) is 42.1 Å². The summed E-state index contributed by atoms with van der Waals surface area (Å²) in [6, 6.07) is 15.7. The number of nitro groups is 1. The van der Waals surface area contributed by atoms with Gasteiger partial charge in [-0.05, 0) is 17.7 Å². The van der Waals surface area contributed by atoms with Crippen molar-refractivity contribution >= 4 is 22.9 Å². The lowest BCUT2D eigenvalue weighted by Gasteiger charge is -2.09. The van der Waals surface area contributed by atoms with Crippen LogP contribution in [0.1, 0.15) is 10.5 Å². The fraction of sp³-hybridized carbons (Fsp3) is 0. The molecule has 0 saturated heterocycles. The zero-order valence-electron chi connectivity index (χ0n) is 14.9. The molecule has 0 spiro atoms. The predicted octanol–water partition coefficient (Wildman–Crippen LogP) is 3.65. The molecule has 2 aromatic heterocycles. The van der Waals surface area contributed by atoms with E-state index in [1.54, 1.807) is 16.7 Å². The van der Waals surface area contributed by atoms with Crippen LogP contribution in [-0.2, 0) is 0 Å². The first kappa shape index (κ1) is 18.4. The van der Waals surface area contributed by atoms with Crippen LogP contribution in [0, 0.1) is 10.1 Å². The number of hydrogen-bond acceptors (Lipinski definition) is 6. The van der Waals surface area contributed by atoms with Crippen molar-refractivity contribution in [2.24, 2.45) is 4.99 Å². The highest BCUT2D eigenvalue weighted by Gasteiger charge is 2.14. The molecule has 2 heterocycles. The number of rotatable bonds is 4. The normalized spacial score (nSPS) is 11.4. The zero-order valence-corrected chi connectivity index (χ0v) is 15.7. The molecule has 4 aromatic rings. The van der Waals surface area contributed by atoms with Crippen LogP contribution in [0.15, 0.2) is 83.6 Å². The topological polar surface area (TPSA) is 103 Å². The highest BCUT2D eigenvalue weighted by Crippen LogP contribution is 2.24. The van der Waals surface area contributed by atoms with Gasteiger partial charge < -0.3 is 0 Å². The number of hydrogen-bond donors (Lipinski definition) is 0. The molecule has 9 heteroatoms. The number of thiazole rings is 1. The number of carbonyl (C=O) groups excluding carboxylic acids is 1. The SMILES string of the molecule is O=C(N=c1scc(-c2ccccc2)n1-c1ccc([N+](=O)[O-])cc1)c1cnccn1. The van der Waals surface area contributed by atoms with Crippen molar-refractivity contribution in [2.45, 2.75) is 0 Å². The molecule has 0 N–H and O–H groups in total. The number of nitro benzene ring substituents is 1. The summed E-state index contributed by atoms with van der Waals surface area (Å²) >= 11 is 1.29. The molecule has 29 heavy (non-hydrogen) atoms. The molecule has 0 aliphatic rings. The van der Waals surface area contributed by atoms with Gasteiger partial charge in [-0.15, -0.1) is 11.3 Å². The molecule has 0 unspecified atom stereocenters. The van der Waals surface area contributed by atoms with Gasteiger partial charge in [-0.3, -0.25) is 24.5 Å². The van der Waals surface area contributed by atoms with Crippen molar-refractivity contribution in [2.75, 3.05) is 0 Å². The van der Waals surface area contributed by atoms with Gasteiger partial charge in [0, 0.05) is 35.6 Å². The molecule has 2 aromatic carbocycles. The lowest BCUT2D eigenvalue weighted by Crippen LogP contribution is -2.17. The van der Waals surface area contributed by atoms with Gasteiger partial charge in [-0.2, -0.15) is 4.99 Å². The van der Waals surface area contributed by atoms with Gasteiger partial charge in [0.1, 0.15) is 5.69 Å². The standard InChI is InChI=1S/C20H13N5O3S/c26-19(17-12-21-10-11-22-17)23-20-24(15-6-8-16(9-7-15)25(27)28)18(13-29-20)14-4-2-1-3-5-14/h1-13H. The molecule has 142 valence electrons. The van der Waals surface area contributed by atoms with Gasteiger partial charge in [-0.25, -0.2) is 4.98 Å². The second-order valence-electron chi connectivity index (χ2n) is 5.89. The van der Waals surface area contributed by atoms with Crippen LogP contribution in [0.3, 0.4) is 0 Å². The molecule has 0 saturated carbocycles. The quantitative estimate of drug-likeness (QED) is 0.382. The lowest BCUT2D eigenvalue weighted by molar-refractivity contribution is -0.384. The minimum absolute atomic E-state index is 0.0139. The first-order valence-corrected chi connectivity index (χ1v) is 9.37. The third-order valence-corrected chi connectivity index (χ3v) is 4.90. The van der Waals surface area contributed by atoms with Crippen molar-refractivity contribution in [3.63, 3.8) is 0 Å². The maximum atomic E-state index is 12.5. The Morgan fingerprint density at radius 1 is 1.07 bits per heavy atom. The Balaban J connectivity index is 1.88. The van der Waals surface area contributed by atoms with Crippen LogP contribution in [0.5, 0.6) is 0 Å². The summed E-state index contributed by atoms with van der Waals surface area (Å²) in [5.74, 6) is -0.518. The summed E-state index contributed by atoms with van der Waals surface area (Å²) in [6.07, 6.45) is 4.26. The summed E-state index contributed by atoms with van der Waals surface area (Å²) in [6.45, 7) is 0. The monoisotopic (exact) mass is 403 g/mol. The van der Waals surface area contributed by atoms with Gasteiger partial charge >= 0.3 is 0 Å². The van der Waals surface area contributed by atoms with E-state index >= 15 is 0 Å². The Morgan fingerprint density at radius 3 is 2.48 bits per heavy atom. The van der Waals surface area contributed by atoms with Crippen molar-refractivity contribution in [1.82, 2.24) is 14.5 Å². The number of nitrogens with zero attached hydrogens (tertiary/aromatic N) is 5. The Bertz CT molecular complexity index is 1230. The average molecular weight is 403 g/mol. The number of benzene rings is 2. The van der Waals surface area contributed by atoms with E-state index < -0.39 is 10.8 Å². The molecule has 8 nitrogen and oxygen atoms in total. The average Bonchev–Trinajstić information content (AvgIpc) is 3.18. The summed E-state index contributed by atoms with van der Waals surface area (Å²) in [5.41, 5.74) is 2.52. The van der Waals surface area contributed by atoms with Crippen molar-refractivity contribution in [1.29, 1.82) is 0 Å². The van der Waals surface area contributed by atoms with Gasteiger partial charge in [0.05, 0.1) is 16.8 Å². The number of non-ortho nitro benzene ring substituents is 1. The molecule has 4 rings (SSSR count). The smallest absolute Gasteiger partial charge is 0.285 e. The number of aromatic nitrogens is 3. The minimum Gasteiger partial charge on any atom is -0.285 e. The Morgan fingerprint density at radius 2 is 1.83 bits per heavy atom. The van der Waals surface area contributed by atoms with E-state index in [1.807, 2.05) is 35.7 Å². The third kappa shape index (κ3) is 3.85. The maximum absolute atomic E-state index is 12.5. The van der Waals surface area contributed by atoms with Gasteiger partial charge in [-0.1, -0.05) is 30.3 Å².